The van der Waals surface area contributed by atoms with Crippen LogP contribution in [-0.4, -0.2) is 185 Å². The van der Waals surface area contributed by atoms with Crippen molar-refractivity contribution in [2.24, 2.45) is 23.7 Å². The molecule has 0 aliphatic carbocycles. The van der Waals surface area contributed by atoms with E-state index in [9.17, 15) is 28.3 Å². The lowest BCUT2D eigenvalue weighted by Gasteiger charge is -2.39. The van der Waals surface area contributed by atoms with Crippen LogP contribution in [-0.2, 0) is 42.3 Å². The second-order valence-corrected chi connectivity index (χ2v) is 25.3. The Morgan fingerprint density at radius 3 is 1.34 bits per heavy atom. The highest BCUT2D eigenvalue weighted by Gasteiger charge is 2.43. The van der Waals surface area contributed by atoms with Gasteiger partial charge in [-0.05, 0) is 109 Å². The monoisotopic (exact) mass is 1010 g/mol. The Kier molecular flexibility index (Phi) is 34.3. The minimum Gasteiger partial charge on any atom is -0.365 e. The highest BCUT2D eigenvalue weighted by atomic mass is 32.2. The highest BCUT2D eigenvalue weighted by molar-refractivity contribution is 7.98. The quantitative estimate of drug-likeness (QED) is 0.0748. The largest absolute Gasteiger partial charge is 0.365 e. The SMILES string of the molecule is C.C/C=C/CC(C)C(OCOP(C)(C)=O)C1C(=O)NCCCCN(C)C(C(C)C)C(=O)N1C.C/C=C/CC(C)C(OCSC)C1C(=O)NCCCCN(C)C(C(C)C)C(=O)N1C.CP(C)(=O)O. The van der Waals surface area contributed by atoms with Gasteiger partial charge in [0.1, 0.15) is 12.1 Å². The van der Waals surface area contributed by atoms with E-state index in [1.807, 2.05) is 73.2 Å². The fourth-order valence-corrected chi connectivity index (χ4v) is 8.72. The van der Waals surface area contributed by atoms with Crippen LogP contribution >= 0.6 is 26.5 Å². The first-order chi connectivity index (χ1) is 30.7. The standard InChI is InChI=1S/C23H44N3O5P.C22H41N3O3S.C2H7O2P.CH4/c1-9-10-13-18(4)21(30-16-31-32(7,8)29)20-22(27)24-14-11-12-15-25(5)19(17(2)3)23(28)26(20)6;1-8-9-12-17(4)20(28-15-29-7)19-21(26)23-13-10-11-14-24(5)18(16(2)3)22(27)25(19)6;1-5(2,3)4;/h9-10,17-21H,11-16H2,1-8H3,(H,24,27);8-9,16-20H,10-15H2,1-7H3,(H,23,26);1-2H3,(H,3,4);1H4/b10-9+;9-8+;;. The Hall–Kier alpha value is -2.07. The molecule has 16 nitrogen and oxygen atoms in total. The van der Waals surface area contributed by atoms with Gasteiger partial charge in [0.15, 0.2) is 21.5 Å². The molecule has 8 unspecified atom stereocenters. The lowest BCUT2D eigenvalue weighted by Crippen LogP contribution is -2.60. The van der Waals surface area contributed by atoms with Crippen molar-refractivity contribution in [1.82, 2.24) is 30.2 Å². The molecule has 19 heteroatoms. The smallest absolute Gasteiger partial charge is 0.245 e. The van der Waals surface area contributed by atoms with Gasteiger partial charge in [-0.3, -0.25) is 38.1 Å². The average molecular weight is 1010 g/mol. The summed E-state index contributed by atoms with van der Waals surface area (Å²) in [5, 5.41) is 6.04. The van der Waals surface area contributed by atoms with Gasteiger partial charge in [-0.25, -0.2) is 0 Å². The van der Waals surface area contributed by atoms with Crippen LogP contribution in [0.2, 0.25) is 0 Å². The maximum absolute atomic E-state index is 13.6. The number of thioether (sulfide) groups is 1. The Morgan fingerprint density at radius 1 is 0.672 bits per heavy atom. The van der Waals surface area contributed by atoms with Gasteiger partial charge in [0, 0.05) is 53.8 Å². The number of hydrogen-bond acceptors (Lipinski definition) is 12. The predicted octanol–water partition coefficient (Wildman–Crippen LogP) is 7.32. The molecule has 0 radical (unpaired) electrons. The minimum atomic E-state index is -2.75. The molecule has 4 amide bonds. The zero-order valence-electron chi connectivity index (χ0n) is 43.8. The number of allylic oxidation sites excluding steroid dienone is 4. The van der Waals surface area contributed by atoms with Crippen molar-refractivity contribution in [2.45, 2.75) is 138 Å². The summed E-state index contributed by atoms with van der Waals surface area (Å²) >= 11 is 1.58. The molecular weight excluding hydrogens is 915 g/mol. The second-order valence-electron chi connectivity index (χ2n) is 19.1. The van der Waals surface area contributed by atoms with Gasteiger partial charge in [-0.2, -0.15) is 0 Å². The summed E-state index contributed by atoms with van der Waals surface area (Å²) in [6.45, 7) is 24.4. The predicted molar refractivity (Wildman–Crippen MR) is 279 cm³/mol. The molecule has 2 heterocycles. The molecule has 0 spiro atoms. The van der Waals surface area contributed by atoms with E-state index in [-0.39, 0.29) is 79.7 Å². The average Bonchev–Trinajstić information content (AvgIpc) is 3.23. The first-order valence-electron chi connectivity index (χ1n) is 23.6. The summed E-state index contributed by atoms with van der Waals surface area (Å²) < 4.78 is 39.3. The molecule has 394 valence electrons. The van der Waals surface area contributed by atoms with Crippen LogP contribution in [0.1, 0.15) is 101 Å². The molecule has 2 saturated heterocycles. The van der Waals surface area contributed by atoms with Crippen LogP contribution in [0.3, 0.4) is 0 Å². The molecule has 0 saturated carbocycles. The Bertz CT molecular complexity index is 1590. The number of likely N-dealkylation sites (N-methyl/N-ethyl adjacent to an activating group) is 4. The molecule has 2 rings (SSSR count). The first kappa shape index (κ1) is 67.0. The summed E-state index contributed by atoms with van der Waals surface area (Å²) in [4.78, 5) is 69.2. The maximum atomic E-state index is 13.6. The molecule has 0 aromatic carbocycles. The summed E-state index contributed by atoms with van der Waals surface area (Å²) in [7, 11) is 2.02. The Labute approximate surface area is 411 Å². The third-order valence-electron chi connectivity index (χ3n) is 11.5. The van der Waals surface area contributed by atoms with Crippen molar-refractivity contribution >= 4 is 50.1 Å². The van der Waals surface area contributed by atoms with Crippen LogP contribution < -0.4 is 10.6 Å². The fourth-order valence-electron chi connectivity index (χ4n) is 8.12. The lowest BCUT2D eigenvalue weighted by molar-refractivity contribution is -0.155. The van der Waals surface area contributed by atoms with Gasteiger partial charge in [-0.15, -0.1) is 11.8 Å². The van der Waals surface area contributed by atoms with E-state index in [1.54, 1.807) is 30.8 Å². The number of rotatable bonds is 17. The fraction of sp³-hybridized carbons (Fsp3) is 0.833. The van der Waals surface area contributed by atoms with E-state index in [4.69, 9.17) is 18.9 Å². The van der Waals surface area contributed by atoms with Crippen molar-refractivity contribution in [2.75, 3.05) is 100 Å². The van der Waals surface area contributed by atoms with E-state index >= 15 is 0 Å². The normalized spacial score (nSPS) is 23.5. The topological polar surface area (TPSA) is 187 Å². The summed E-state index contributed by atoms with van der Waals surface area (Å²) in [6, 6.07) is -2.06. The van der Waals surface area contributed by atoms with E-state index < -0.39 is 32.9 Å². The summed E-state index contributed by atoms with van der Waals surface area (Å²) in [6.07, 6.45) is 14.1. The zero-order valence-corrected chi connectivity index (χ0v) is 46.4. The molecule has 2 fully saturated rings. The van der Waals surface area contributed by atoms with E-state index in [2.05, 4.69) is 47.3 Å². The minimum absolute atomic E-state index is 0. The number of carbonyl (C=O) groups is 4. The first-order valence-corrected chi connectivity index (χ1v) is 30.0. The number of amides is 4. The lowest BCUT2D eigenvalue weighted by atomic mass is 9.91. The second kappa shape index (κ2) is 34.3. The third-order valence-corrected chi connectivity index (χ3v) is 12.6. The third kappa shape index (κ3) is 26.1. The van der Waals surface area contributed by atoms with Gasteiger partial charge >= 0.3 is 0 Å². The van der Waals surface area contributed by atoms with E-state index in [0.717, 1.165) is 45.2 Å². The van der Waals surface area contributed by atoms with Crippen molar-refractivity contribution in [3.05, 3.63) is 24.3 Å². The number of ether oxygens (including phenoxy) is 2. The summed E-state index contributed by atoms with van der Waals surface area (Å²) in [5.74, 6) is 0.296. The molecule has 2 aliphatic heterocycles. The van der Waals surface area contributed by atoms with Gasteiger partial charge in [0.05, 0.1) is 30.2 Å². The molecule has 2 aliphatic rings. The number of nitrogens with zero attached hydrogens (tertiary/aromatic N) is 4. The molecule has 0 bridgehead atoms. The Balaban J connectivity index is 0. The van der Waals surface area contributed by atoms with E-state index in [0.29, 0.717) is 25.4 Å². The van der Waals surface area contributed by atoms with Gasteiger partial charge in [0.2, 0.25) is 23.6 Å². The molecule has 3 N–H and O–H groups in total. The van der Waals surface area contributed by atoms with Crippen molar-refractivity contribution < 1.29 is 47.2 Å². The molecule has 0 aromatic heterocycles. The summed E-state index contributed by atoms with van der Waals surface area (Å²) in [5.41, 5.74) is 0. The van der Waals surface area contributed by atoms with Crippen LogP contribution in [0.25, 0.3) is 0 Å². The zero-order chi connectivity index (χ0) is 50.9. The van der Waals surface area contributed by atoms with Crippen molar-refractivity contribution in [3.63, 3.8) is 0 Å². The van der Waals surface area contributed by atoms with E-state index in [1.165, 1.54) is 31.6 Å². The number of carbonyl (C=O) groups excluding carboxylic acids is 4. The van der Waals surface area contributed by atoms with Gasteiger partial charge in [-0.1, -0.05) is 73.3 Å². The van der Waals surface area contributed by atoms with Crippen LogP contribution in [0.5, 0.6) is 0 Å². The van der Waals surface area contributed by atoms with Crippen LogP contribution in [0, 0.1) is 23.7 Å². The number of hydrogen-bond donors (Lipinski definition) is 3. The number of nitrogens with one attached hydrogen (secondary N) is 2. The van der Waals surface area contributed by atoms with Crippen LogP contribution in [0.15, 0.2) is 24.3 Å². The highest BCUT2D eigenvalue weighted by Crippen LogP contribution is 2.37. The van der Waals surface area contributed by atoms with Gasteiger partial charge in [0.25, 0.3) is 0 Å². The maximum Gasteiger partial charge on any atom is 0.245 e. The molecular formula is C48H96N6O10P2S. The molecule has 8 atom stereocenters. The molecule has 67 heavy (non-hydrogen) atoms. The van der Waals surface area contributed by atoms with Crippen LogP contribution in [0.4, 0.5) is 0 Å². The van der Waals surface area contributed by atoms with Crippen molar-refractivity contribution in [3.8, 4) is 0 Å². The molecule has 0 aromatic rings. The Morgan fingerprint density at radius 2 is 1.03 bits per heavy atom. The van der Waals surface area contributed by atoms with Crippen molar-refractivity contribution in [1.29, 1.82) is 0 Å². The van der Waals surface area contributed by atoms with Gasteiger partial charge < -0.3 is 39.3 Å².